The van der Waals surface area contributed by atoms with Crippen molar-refractivity contribution in [2.45, 2.75) is 29.6 Å². The molecule has 0 saturated heterocycles. The van der Waals surface area contributed by atoms with E-state index in [0.717, 1.165) is 10.6 Å². The van der Waals surface area contributed by atoms with E-state index in [4.69, 9.17) is 4.74 Å². The lowest BCUT2D eigenvalue weighted by atomic mass is 9.92. The van der Waals surface area contributed by atoms with Crippen LogP contribution in [0.25, 0.3) is 0 Å². The van der Waals surface area contributed by atoms with Gasteiger partial charge in [0.25, 0.3) is 5.91 Å². The monoisotopic (exact) mass is 404 g/mol. The zero-order chi connectivity index (χ0) is 20.3. The summed E-state index contributed by atoms with van der Waals surface area (Å²) >= 11 is 1.52. The predicted octanol–water partition coefficient (Wildman–Crippen LogP) is 3.42. The molecule has 3 rings (SSSR count). The number of hydrogen-bond donors (Lipinski definition) is 0. The Morgan fingerprint density at radius 3 is 2.75 bits per heavy atom. The van der Waals surface area contributed by atoms with E-state index in [1.165, 1.54) is 30.8 Å². The maximum atomic E-state index is 13.5. The largest absolute Gasteiger partial charge is 0.451 e. The first-order valence-corrected chi connectivity index (χ1v) is 10.2. The summed E-state index contributed by atoms with van der Waals surface area (Å²) < 4.78 is 19.0. The fourth-order valence-corrected chi connectivity index (χ4v) is 4.82. The SMILES string of the molecule is CC(=O)O[C@H]1C(=O)N(CCN(C)C)c2ccccc2S[C@H]1C1C=CC(F)=CC1. The highest BCUT2D eigenvalue weighted by molar-refractivity contribution is 8.00. The quantitative estimate of drug-likeness (QED) is 0.704. The van der Waals surface area contributed by atoms with Crippen LogP contribution in [0, 0.1) is 5.92 Å². The Balaban J connectivity index is 2.00. The Labute approximate surface area is 169 Å². The van der Waals surface area contributed by atoms with Crippen molar-refractivity contribution in [1.82, 2.24) is 4.90 Å². The van der Waals surface area contributed by atoms with Gasteiger partial charge in [0.1, 0.15) is 5.83 Å². The Hall–Kier alpha value is -2.12. The number of carbonyl (C=O) groups excluding carboxylic acids is 2. The highest BCUT2D eigenvalue weighted by atomic mass is 32.2. The zero-order valence-electron chi connectivity index (χ0n) is 16.3. The number of benzene rings is 1. The fourth-order valence-electron chi connectivity index (χ4n) is 3.39. The Morgan fingerprint density at radius 1 is 1.36 bits per heavy atom. The van der Waals surface area contributed by atoms with E-state index in [1.807, 2.05) is 43.3 Å². The maximum absolute atomic E-state index is 13.5. The third kappa shape index (κ3) is 4.64. The Morgan fingerprint density at radius 2 is 2.11 bits per heavy atom. The zero-order valence-corrected chi connectivity index (χ0v) is 17.1. The second-order valence-electron chi connectivity index (χ2n) is 7.22. The average molecular weight is 405 g/mol. The minimum Gasteiger partial charge on any atom is -0.451 e. The van der Waals surface area contributed by atoms with Gasteiger partial charge in [0.15, 0.2) is 6.10 Å². The van der Waals surface area contributed by atoms with Crippen LogP contribution in [-0.4, -0.2) is 55.3 Å². The van der Waals surface area contributed by atoms with Crippen molar-refractivity contribution in [3.05, 3.63) is 48.3 Å². The van der Waals surface area contributed by atoms with Crippen molar-refractivity contribution in [3.63, 3.8) is 0 Å². The van der Waals surface area contributed by atoms with Gasteiger partial charge in [0.05, 0.1) is 10.9 Å². The molecule has 1 aromatic carbocycles. The number of esters is 1. The van der Waals surface area contributed by atoms with Crippen molar-refractivity contribution in [2.24, 2.45) is 5.92 Å². The average Bonchev–Trinajstić information content (AvgIpc) is 2.76. The number of carbonyl (C=O) groups is 2. The molecule has 0 radical (unpaired) electrons. The summed E-state index contributed by atoms with van der Waals surface area (Å²) in [7, 11) is 3.89. The van der Waals surface area contributed by atoms with Gasteiger partial charge in [-0.1, -0.05) is 18.2 Å². The summed E-state index contributed by atoms with van der Waals surface area (Å²) in [5.74, 6) is -1.12. The number of thioether (sulfide) groups is 1. The summed E-state index contributed by atoms with van der Waals surface area (Å²) in [6.45, 7) is 2.48. The van der Waals surface area contributed by atoms with Gasteiger partial charge in [-0.2, -0.15) is 0 Å². The molecule has 1 aromatic rings. The number of allylic oxidation sites excluding steroid dienone is 4. The number of anilines is 1. The normalized spacial score (nSPS) is 24.6. The van der Waals surface area contributed by atoms with Gasteiger partial charge in [-0.25, -0.2) is 4.39 Å². The van der Waals surface area contributed by atoms with E-state index in [2.05, 4.69) is 0 Å². The van der Waals surface area contributed by atoms with Gasteiger partial charge in [-0.3, -0.25) is 9.59 Å². The third-order valence-corrected chi connectivity index (χ3v) is 6.27. The van der Waals surface area contributed by atoms with E-state index in [9.17, 15) is 14.0 Å². The number of nitrogens with zero attached hydrogens (tertiary/aromatic N) is 2. The van der Waals surface area contributed by atoms with Gasteiger partial charge in [-0.15, -0.1) is 11.8 Å². The van der Waals surface area contributed by atoms with Gasteiger partial charge >= 0.3 is 5.97 Å². The Kier molecular flexibility index (Phi) is 6.57. The Bertz CT molecular complexity index is 809. The molecular formula is C21H25FN2O3S. The van der Waals surface area contributed by atoms with Crippen LogP contribution in [0.1, 0.15) is 13.3 Å². The first-order valence-electron chi connectivity index (χ1n) is 9.29. The second kappa shape index (κ2) is 8.92. The molecule has 2 aliphatic rings. The number of fused-ring (bicyclic) bond motifs is 1. The second-order valence-corrected chi connectivity index (χ2v) is 8.44. The molecule has 7 heteroatoms. The van der Waals surface area contributed by atoms with E-state index >= 15 is 0 Å². The highest BCUT2D eigenvalue weighted by Crippen LogP contribution is 2.43. The molecule has 1 aliphatic heterocycles. The van der Waals surface area contributed by atoms with E-state index in [-0.39, 0.29) is 22.9 Å². The smallest absolute Gasteiger partial charge is 0.303 e. The fraction of sp³-hybridized carbons (Fsp3) is 0.429. The number of rotatable bonds is 5. The third-order valence-electron chi connectivity index (χ3n) is 4.80. The van der Waals surface area contributed by atoms with Crippen LogP contribution < -0.4 is 4.90 Å². The summed E-state index contributed by atoms with van der Waals surface area (Å²) in [5.41, 5.74) is 0.820. The minimum absolute atomic E-state index is 0.111. The number of ether oxygens (including phenoxy) is 1. The number of likely N-dealkylation sites (N-methyl/N-ethyl adjacent to an activating group) is 1. The standard InChI is InChI=1S/C21H25FN2O3S/c1-14(25)27-19-20(15-8-10-16(22)11-9-15)28-18-7-5-4-6-17(18)24(21(19)26)13-12-23(2)3/h4-8,10-11,15,19-20H,9,12-13H2,1-3H3/t15?,19-,20+/m1/s1. The van der Waals surface area contributed by atoms with Crippen molar-refractivity contribution in [3.8, 4) is 0 Å². The molecule has 0 aromatic heterocycles. The van der Waals surface area contributed by atoms with Gasteiger partial charge in [0, 0.05) is 24.9 Å². The lowest BCUT2D eigenvalue weighted by molar-refractivity contribution is -0.153. The van der Waals surface area contributed by atoms with Crippen LogP contribution in [0.2, 0.25) is 0 Å². The minimum atomic E-state index is -0.929. The number of halogens is 1. The molecule has 150 valence electrons. The van der Waals surface area contributed by atoms with Crippen LogP contribution in [-0.2, 0) is 14.3 Å². The predicted molar refractivity (Wildman–Crippen MR) is 109 cm³/mol. The van der Waals surface area contributed by atoms with Crippen molar-refractivity contribution in [1.29, 1.82) is 0 Å². The van der Waals surface area contributed by atoms with Gasteiger partial charge < -0.3 is 14.5 Å². The summed E-state index contributed by atoms with van der Waals surface area (Å²) in [5, 5.41) is -0.331. The molecule has 1 unspecified atom stereocenters. The molecular weight excluding hydrogens is 379 g/mol. The molecule has 5 nitrogen and oxygen atoms in total. The molecule has 0 fully saturated rings. The first-order chi connectivity index (χ1) is 13.4. The number of hydrogen-bond acceptors (Lipinski definition) is 5. The molecule has 1 heterocycles. The first kappa shape index (κ1) is 20.6. The maximum Gasteiger partial charge on any atom is 0.303 e. The molecule has 1 amide bonds. The van der Waals surface area contributed by atoms with Crippen LogP contribution in [0.4, 0.5) is 10.1 Å². The molecule has 3 atom stereocenters. The summed E-state index contributed by atoms with van der Waals surface area (Å²) in [6, 6.07) is 7.72. The molecule has 28 heavy (non-hydrogen) atoms. The van der Waals surface area contributed by atoms with Crippen LogP contribution in [0.5, 0.6) is 0 Å². The topological polar surface area (TPSA) is 49.9 Å². The lowest BCUT2D eigenvalue weighted by Gasteiger charge is -2.31. The van der Waals surface area contributed by atoms with Crippen molar-refractivity contribution < 1.29 is 18.7 Å². The summed E-state index contributed by atoms with van der Waals surface area (Å²) in [6.07, 6.45) is 4.24. The summed E-state index contributed by atoms with van der Waals surface area (Å²) in [4.78, 5) is 29.9. The molecule has 0 N–H and O–H groups in total. The van der Waals surface area contributed by atoms with Crippen molar-refractivity contribution >= 4 is 29.3 Å². The lowest BCUT2D eigenvalue weighted by Crippen LogP contribution is -2.48. The number of amides is 1. The van der Waals surface area contributed by atoms with E-state index in [1.54, 1.807) is 11.0 Å². The molecule has 0 spiro atoms. The van der Waals surface area contributed by atoms with Crippen molar-refractivity contribution in [2.75, 3.05) is 32.1 Å². The molecule has 0 saturated carbocycles. The van der Waals surface area contributed by atoms with E-state index in [0.29, 0.717) is 19.5 Å². The number of para-hydroxylation sites is 1. The highest BCUT2D eigenvalue weighted by Gasteiger charge is 2.42. The van der Waals surface area contributed by atoms with E-state index < -0.39 is 12.1 Å². The van der Waals surface area contributed by atoms with Gasteiger partial charge in [0.2, 0.25) is 0 Å². The van der Waals surface area contributed by atoms with Gasteiger partial charge in [-0.05, 0) is 50.7 Å². The van der Waals surface area contributed by atoms with Crippen LogP contribution in [0.3, 0.4) is 0 Å². The van der Waals surface area contributed by atoms with Crippen LogP contribution >= 0.6 is 11.8 Å². The molecule has 1 aliphatic carbocycles. The van der Waals surface area contributed by atoms with Crippen LogP contribution in [0.15, 0.2) is 53.2 Å². The molecule has 0 bridgehead atoms.